The van der Waals surface area contributed by atoms with E-state index in [4.69, 9.17) is 14.2 Å². The van der Waals surface area contributed by atoms with Crippen molar-refractivity contribution in [2.45, 2.75) is 38.3 Å². The number of pyridine rings is 1. The van der Waals surface area contributed by atoms with Gasteiger partial charge < -0.3 is 14.2 Å². The van der Waals surface area contributed by atoms with E-state index in [1.54, 1.807) is 6.07 Å². The van der Waals surface area contributed by atoms with Crippen LogP contribution in [-0.2, 0) is 16.0 Å². The van der Waals surface area contributed by atoms with Gasteiger partial charge in [0.15, 0.2) is 5.65 Å². The van der Waals surface area contributed by atoms with Gasteiger partial charge in [0, 0.05) is 30.7 Å². The van der Waals surface area contributed by atoms with Crippen LogP contribution in [-0.4, -0.2) is 47.2 Å². The molecule has 0 bridgehead atoms. The molecule has 2 aromatic heterocycles. The standard InChI is InChI=1S/C17H21N3O4/c1-22-17(21)14-7-12-9-20(8-11-5-6-23-10-11)19-15(12)18-16(14)24-13-3-2-4-13/h7,9,11,13H,2-6,8,10H2,1H3. The maximum atomic E-state index is 12.1. The van der Waals surface area contributed by atoms with E-state index < -0.39 is 5.97 Å². The molecule has 4 rings (SSSR count). The summed E-state index contributed by atoms with van der Waals surface area (Å²) in [6, 6.07) is 1.76. The summed E-state index contributed by atoms with van der Waals surface area (Å²) in [5.74, 6) is 0.370. The van der Waals surface area contributed by atoms with Crippen LogP contribution in [0.15, 0.2) is 12.3 Å². The molecule has 7 nitrogen and oxygen atoms in total. The third kappa shape index (κ3) is 2.96. The van der Waals surface area contributed by atoms with Crippen LogP contribution in [0.25, 0.3) is 11.0 Å². The second-order valence-corrected chi connectivity index (χ2v) is 6.50. The SMILES string of the molecule is COC(=O)c1cc2cn(CC3CCOC3)nc2nc1OC1CCC1. The molecule has 0 N–H and O–H groups in total. The van der Waals surface area contributed by atoms with Gasteiger partial charge in [0.05, 0.1) is 13.7 Å². The highest BCUT2D eigenvalue weighted by Crippen LogP contribution is 2.29. The highest BCUT2D eigenvalue weighted by molar-refractivity contribution is 5.95. The molecule has 1 aliphatic heterocycles. The molecule has 1 saturated heterocycles. The maximum Gasteiger partial charge on any atom is 0.343 e. The predicted octanol–water partition coefficient (Wildman–Crippen LogP) is 2.19. The smallest absolute Gasteiger partial charge is 0.343 e. The molecule has 1 atom stereocenters. The predicted molar refractivity (Wildman–Crippen MR) is 86.1 cm³/mol. The largest absolute Gasteiger partial charge is 0.474 e. The Labute approximate surface area is 139 Å². The number of esters is 1. The Bertz CT molecular complexity index is 748. The van der Waals surface area contributed by atoms with E-state index in [2.05, 4.69) is 10.1 Å². The van der Waals surface area contributed by atoms with Crippen LogP contribution in [0, 0.1) is 5.92 Å². The van der Waals surface area contributed by atoms with Crippen LogP contribution < -0.4 is 4.74 Å². The summed E-state index contributed by atoms with van der Waals surface area (Å²) in [6.07, 6.45) is 6.25. The average Bonchev–Trinajstić information content (AvgIpc) is 3.18. The molecule has 3 heterocycles. The van der Waals surface area contributed by atoms with Crippen molar-refractivity contribution in [2.75, 3.05) is 20.3 Å². The number of hydrogen-bond donors (Lipinski definition) is 0. The number of nitrogens with zero attached hydrogens (tertiary/aromatic N) is 3. The van der Waals surface area contributed by atoms with Crippen molar-refractivity contribution in [3.8, 4) is 5.88 Å². The first-order valence-corrected chi connectivity index (χ1v) is 8.44. The van der Waals surface area contributed by atoms with Crippen LogP contribution >= 0.6 is 0 Å². The molecule has 24 heavy (non-hydrogen) atoms. The Hall–Kier alpha value is -2.15. The first-order valence-electron chi connectivity index (χ1n) is 8.44. The Morgan fingerprint density at radius 2 is 2.29 bits per heavy atom. The lowest BCUT2D eigenvalue weighted by Gasteiger charge is -2.26. The number of carbonyl (C=O) groups is 1. The third-order valence-electron chi connectivity index (χ3n) is 4.71. The fraction of sp³-hybridized carbons (Fsp3) is 0.588. The summed E-state index contributed by atoms with van der Waals surface area (Å²) in [4.78, 5) is 16.5. The van der Waals surface area contributed by atoms with Gasteiger partial charge in [-0.15, -0.1) is 0 Å². The van der Waals surface area contributed by atoms with E-state index in [-0.39, 0.29) is 6.10 Å². The Morgan fingerprint density at radius 3 is 2.96 bits per heavy atom. The summed E-state index contributed by atoms with van der Waals surface area (Å²) in [5, 5.41) is 5.35. The van der Waals surface area contributed by atoms with Crippen molar-refractivity contribution in [3.63, 3.8) is 0 Å². The molecule has 0 spiro atoms. The molecule has 0 radical (unpaired) electrons. The van der Waals surface area contributed by atoms with Crippen molar-refractivity contribution in [2.24, 2.45) is 5.92 Å². The van der Waals surface area contributed by atoms with Gasteiger partial charge in [-0.1, -0.05) is 0 Å². The second-order valence-electron chi connectivity index (χ2n) is 6.50. The minimum absolute atomic E-state index is 0.135. The Kier molecular flexibility index (Phi) is 4.10. The minimum Gasteiger partial charge on any atom is -0.474 e. The van der Waals surface area contributed by atoms with Gasteiger partial charge in [0.25, 0.3) is 0 Å². The molecule has 2 fully saturated rings. The van der Waals surface area contributed by atoms with Crippen LogP contribution in [0.5, 0.6) is 5.88 Å². The van der Waals surface area contributed by atoms with E-state index in [0.717, 1.165) is 50.8 Å². The minimum atomic E-state index is -0.435. The summed E-state index contributed by atoms with van der Waals surface area (Å²) in [5.41, 5.74) is 0.955. The molecule has 0 amide bonds. The molecular weight excluding hydrogens is 310 g/mol. The topological polar surface area (TPSA) is 75.5 Å². The molecule has 128 valence electrons. The number of fused-ring (bicyclic) bond motifs is 1. The van der Waals surface area contributed by atoms with E-state index in [1.165, 1.54) is 7.11 Å². The van der Waals surface area contributed by atoms with Crippen LogP contribution in [0.2, 0.25) is 0 Å². The molecule has 0 aromatic carbocycles. The number of hydrogen-bond acceptors (Lipinski definition) is 6. The van der Waals surface area contributed by atoms with E-state index in [9.17, 15) is 4.79 Å². The van der Waals surface area contributed by atoms with Crippen LogP contribution in [0.4, 0.5) is 0 Å². The van der Waals surface area contributed by atoms with Gasteiger partial charge in [-0.2, -0.15) is 10.1 Å². The number of carbonyl (C=O) groups excluding carboxylic acids is 1. The maximum absolute atomic E-state index is 12.1. The summed E-state index contributed by atoms with van der Waals surface area (Å²) in [6.45, 7) is 2.38. The molecular formula is C17H21N3O4. The van der Waals surface area contributed by atoms with E-state index >= 15 is 0 Å². The van der Waals surface area contributed by atoms with Gasteiger partial charge in [0.1, 0.15) is 11.7 Å². The highest BCUT2D eigenvalue weighted by atomic mass is 16.5. The normalized spacial score (nSPS) is 21.0. The van der Waals surface area contributed by atoms with E-state index in [0.29, 0.717) is 23.0 Å². The van der Waals surface area contributed by atoms with Crippen molar-refractivity contribution >= 4 is 17.0 Å². The van der Waals surface area contributed by atoms with Crippen molar-refractivity contribution in [3.05, 3.63) is 17.8 Å². The lowest BCUT2D eigenvalue weighted by molar-refractivity contribution is 0.0582. The molecule has 1 unspecified atom stereocenters. The first-order chi connectivity index (χ1) is 11.7. The number of aromatic nitrogens is 3. The van der Waals surface area contributed by atoms with Crippen molar-refractivity contribution < 1.29 is 19.0 Å². The zero-order chi connectivity index (χ0) is 16.5. The van der Waals surface area contributed by atoms with Gasteiger partial charge in [-0.05, 0) is 31.7 Å². The summed E-state index contributed by atoms with van der Waals surface area (Å²) in [7, 11) is 1.36. The summed E-state index contributed by atoms with van der Waals surface area (Å²) >= 11 is 0. The third-order valence-corrected chi connectivity index (χ3v) is 4.71. The van der Waals surface area contributed by atoms with E-state index in [1.807, 2.05) is 10.9 Å². The quantitative estimate of drug-likeness (QED) is 0.782. The zero-order valence-corrected chi connectivity index (χ0v) is 13.7. The number of ether oxygens (including phenoxy) is 3. The fourth-order valence-electron chi connectivity index (χ4n) is 3.07. The highest BCUT2D eigenvalue weighted by Gasteiger charge is 2.25. The van der Waals surface area contributed by atoms with Gasteiger partial charge >= 0.3 is 5.97 Å². The second kappa shape index (κ2) is 6.39. The Balaban J connectivity index is 1.65. The average molecular weight is 331 g/mol. The van der Waals surface area contributed by atoms with Crippen LogP contribution in [0.3, 0.4) is 0 Å². The lowest BCUT2D eigenvalue weighted by atomic mass is 9.96. The van der Waals surface area contributed by atoms with Gasteiger partial charge in [-0.3, -0.25) is 4.68 Å². The molecule has 1 saturated carbocycles. The molecule has 7 heteroatoms. The van der Waals surface area contributed by atoms with Crippen LogP contribution in [0.1, 0.15) is 36.0 Å². The summed E-state index contributed by atoms with van der Waals surface area (Å²) < 4.78 is 18.0. The molecule has 2 aromatic rings. The number of methoxy groups -OCH3 is 1. The monoisotopic (exact) mass is 331 g/mol. The first kappa shape index (κ1) is 15.4. The molecule has 1 aliphatic carbocycles. The fourth-order valence-corrected chi connectivity index (χ4v) is 3.07. The lowest BCUT2D eigenvalue weighted by Crippen LogP contribution is -2.26. The Morgan fingerprint density at radius 1 is 1.42 bits per heavy atom. The van der Waals surface area contributed by atoms with Gasteiger partial charge in [-0.25, -0.2) is 4.79 Å². The van der Waals surface area contributed by atoms with Crippen molar-refractivity contribution in [1.29, 1.82) is 0 Å². The zero-order valence-electron chi connectivity index (χ0n) is 13.7. The van der Waals surface area contributed by atoms with Crippen molar-refractivity contribution in [1.82, 2.24) is 14.8 Å². The molecule has 2 aliphatic rings. The number of rotatable bonds is 5. The van der Waals surface area contributed by atoms with Gasteiger partial charge in [0.2, 0.25) is 5.88 Å².